The Bertz CT molecular complexity index is 593. The third kappa shape index (κ3) is 4.53. The quantitative estimate of drug-likeness (QED) is 0.890. The van der Waals surface area contributed by atoms with Gasteiger partial charge in [-0.05, 0) is 18.6 Å². The highest BCUT2D eigenvalue weighted by Gasteiger charge is 2.19. The molecule has 2 atom stereocenters. The van der Waals surface area contributed by atoms with E-state index < -0.39 is 6.10 Å². The number of aliphatic hydroxyl groups is 1. The van der Waals surface area contributed by atoms with Gasteiger partial charge in [-0.3, -0.25) is 0 Å². The molecular weight excluding hydrogens is 274 g/mol. The lowest BCUT2D eigenvalue weighted by Crippen LogP contribution is -2.33. The minimum atomic E-state index is -0.476. The molecule has 2 aromatic rings. The lowest BCUT2D eigenvalue weighted by molar-refractivity contribution is 0.158. The Hall–Kier alpha value is -1.94. The number of nitrogens with zero attached hydrogens (tertiary/aromatic N) is 2. The minimum Gasteiger partial charge on any atom is -0.391 e. The van der Waals surface area contributed by atoms with Crippen LogP contribution in [0.1, 0.15) is 39.1 Å². The van der Waals surface area contributed by atoms with E-state index in [1.807, 2.05) is 43.3 Å². The van der Waals surface area contributed by atoms with Gasteiger partial charge in [0.15, 0.2) is 0 Å². The fourth-order valence-corrected chi connectivity index (χ4v) is 2.16. The molecule has 0 radical (unpaired) electrons. The van der Waals surface area contributed by atoms with Gasteiger partial charge in [-0.15, -0.1) is 0 Å². The average Bonchev–Trinajstić information content (AvgIpc) is 2.47. The Kier molecular flexibility index (Phi) is 5.14. The number of hydrogen-bond acceptors (Lipinski definition) is 4. The zero-order chi connectivity index (χ0) is 16.2. The second-order valence-corrected chi connectivity index (χ2v) is 6.71. The summed E-state index contributed by atoms with van der Waals surface area (Å²) >= 11 is 0. The van der Waals surface area contributed by atoms with Crippen LogP contribution >= 0.6 is 0 Å². The molecule has 4 nitrogen and oxygen atoms in total. The molecule has 2 unspecified atom stereocenters. The zero-order valence-electron chi connectivity index (χ0n) is 13.7. The van der Waals surface area contributed by atoms with E-state index in [1.165, 1.54) is 0 Å². The van der Waals surface area contributed by atoms with Crippen molar-refractivity contribution in [3.63, 3.8) is 0 Å². The Labute approximate surface area is 132 Å². The van der Waals surface area contributed by atoms with Gasteiger partial charge >= 0.3 is 0 Å². The van der Waals surface area contributed by atoms with Crippen LogP contribution in [0.15, 0.2) is 42.6 Å². The molecule has 2 N–H and O–H groups in total. The summed E-state index contributed by atoms with van der Waals surface area (Å²) in [4.78, 5) is 8.86. The third-order valence-corrected chi connectivity index (χ3v) is 3.57. The topological polar surface area (TPSA) is 58.0 Å². The molecule has 2 rings (SSSR count). The van der Waals surface area contributed by atoms with Gasteiger partial charge in [-0.1, -0.05) is 51.1 Å². The van der Waals surface area contributed by atoms with Gasteiger partial charge in [0.05, 0.1) is 12.1 Å². The Balaban J connectivity index is 2.01. The Morgan fingerprint density at radius 2 is 1.82 bits per heavy atom. The van der Waals surface area contributed by atoms with Crippen LogP contribution in [0.3, 0.4) is 0 Å². The highest BCUT2D eigenvalue weighted by molar-refractivity contribution is 5.35. The first-order valence-electron chi connectivity index (χ1n) is 7.68. The molecule has 0 bridgehead atoms. The van der Waals surface area contributed by atoms with Crippen molar-refractivity contribution in [2.75, 3.05) is 5.32 Å². The number of nitrogens with one attached hydrogen (secondary N) is 1. The largest absolute Gasteiger partial charge is 0.391 e. The van der Waals surface area contributed by atoms with E-state index in [2.05, 4.69) is 36.1 Å². The van der Waals surface area contributed by atoms with Crippen molar-refractivity contribution in [1.82, 2.24) is 9.97 Å². The number of aliphatic hydroxyl groups excluding tert-OH is 1. The van der Waals surface area contributed by atoms with E-state index in [9.17, 15) is 5.11 Å². The molecule has 0 aliphatic heterocycles. The Morgan fingerprint density at radius 3 is 2.45 bits per heavy atom. The summed E-state index contributed by atoms with van der Waals surface area (Å²) in [6, 6.07) is 11.7. The summed E-state index contributed by atoms with van der Waals surface area (Å²) in [6.45, 7) is 8.21. The van der Waals surface area contributed by atoms with Crippen molar-refractivity contribution in [3.8, 4) is 0 Å². The van der Waals surface area contributed by atoms with E-state index in [0.29, 0.717) is 6.42 Å². The molecule has 0 spiro atoms. The molecule has 0 amide bonds. The number of benzene rings is 1. The highest BCUT2D eigenvalue weighted by Crippen LogP contribution is 2.19. The van der Waals surface area contributed by atoms with Crippen LogP contribution in [0.25, 0.3) is 0 Å². The predicted molar refractivity (Wildman–Crippen MR) is 90.0 cm³/mol. The van der Waals surface area contributed by atoms with Gasteiger partial charge in [0.25, 0.3) is 0 Å². The summed E-state index contributed by atoms with van der Waals surface area (Å²) in [5.41, 5.74) is 1.03. The van der Waals surface area contributed by atoms with E-state index in [1.54, 1.807) is 6.20 Å². The highest BCUT2D eigenvalue weighted by atomic mass is 16.3. The van der Waals surface area contributed by atoms with Crippen molar-refractivity contribution in [2.45, 2.75) is 51.7 Å². The zero-order valence-corrected chi connectivity index (χ0v) is 13.7. The first kappa shape index (κ1) is 16.4. The van der Waals surface area contributed by atoms with E-state index >= 15 is 0 Å². The normalized spacial score (nSPS) is 14.4. The lowest BCUT2D eigenvalue weighted by Gasteiger charge is -2.22. The van der Waals surface area contributed by atoms with Crippen LogP contribution in [0, 0.1) is 0 Å². The van der Waals surface area contributed by atoms with Crippen LogP contribution in [-0.4, -0.2) is 27.2 Å². The van der Waals surface area contributed by atoms with E-state index in [0.717, 1.165) is 17.2 Å². The molecule has 0 aliphatic carbocycles. The van der Waals surface area contributed by atoms with Gasteiger partial charge < -0.3 is 10.4 Å². The summed E-state index contributed by atoms with van der Waals surface area (Å²) in [5.74, 6) is 1.54. The van der Waals surface area contributed by atoms with Crippen LogP contribution in [0.2, 0.25) is 0 Å². The lowest BCUT2D eigenvalue weighted by atomic mass is 9.96. The predicted octanol–water partition coefficient (Wildman–Crippen LogP) is 3.18. The van der Waals surface area contributed by atoms with Crippen LogP contribution in [0.5, 0.6) is 0 Å². The van der Waals surface area contributed by atoms with Crippen LogP contribution < -0.4 is 5.32 Å². The van der Waals surface area contributed by atoms with Crippen molar-refractivity contribution >= 4 is 5.82 Å². The summed E-state index contributed by atoms with van der Waals surface area (Å²) in [7, 11) is 0. The molecule has 118 valence electrons. The first-order valence-corrected chi connectivity index (χ1v) is 7.68. The van der Waals surface area contributed by atoms with Crippen LogP contribution in [0.4, 0.5) is 5.82 Å². The molecular formula is C18H25N3O. The second kappa shape index (κ2) is 6.88. The molecule has 1 heterocycles. The van der Waals surface area contributed by atoms with Crippen molar-refractivity contribution in [2.24, 2.45) is 0 Å². The molecule has 0 aliphatic rings. The van der Waals surface area contributed by atoms with Gasteiger partial charge in [-0.25, -0.2) is 9.97 Å². The number of hydrogen-bond donors (Lipinski definition) is 2. The summed E-state index contributed by atoms with van der Waals surface area (Å²) in [5, 5.41) is 13.6. The Morgan fingerprint density at radius 1 is 1.14 bits per heavy atom. The van der Waals surface area contributed by atoms with Crippen molar-refractivity contribution < 1.29 is 5.11 Å². The van der Waals surface area contributed by atoms with E-state index in [-0.39, 0.29) is 11.5 Å². The molecule has 0 saturated carbocycles. The SMILES string of the molecule is CC(Nc1ccnc(C(C)(C)C)n1)C(O)Cc1ccccc1. The van der Waals surface area contributed by atoms with Gasteiger partial charge in [0.2, 0.25) is 0 Å². The molecule has 0 saturated heterocycles. The second-order valence-electron chi connectivity index (χ2n) is 6.71. The summed E-state index contributed by atoms with van der Waals surface area (Å²) < 4.78 is 0. The number of rotatable bonds is 5. The number of anilines is 1. The maximum absolute atomic E-state index is 10.4. The smallest absolute Gasteiger partial charge is 0.135 e. The van der Waals surface area contributed by atoms with Crippen LogP contribution in [-0.2, 0) is 11.8 Å². The third-order valence-electron chi connectivity index (χ3n) is 3.57. The summed E-state index contributed by atoms with van der Waals surface area (Å²) in [6.07, 6.45) is 1.90. The number of aromatic nitrogens is 2. The molecule has 1 aromatic carbocycles. The first-order chi connectivity index (χ1) is 10.4. The molecule has 4 heteroatoms. The monoisotopic (exact) mass is 299 g/mol. The molecule has 1 aromatic heterocycles. The van der Waals surface area contributed by atoms with Gasteiger partial charge in [-0.2, -0.15) is 0 Å². The minimum absolute atomic E-state index is 0.0937. The van der Waals surface area contributed by atoms with Crippen molar-refractivity contribution in [1.29, 1.82) is 0 Å². The molecule has 0 fully saturated rings. The maximum atomic E-state index is 10.4. The fraction of sp³-hybridized carbons (Fsp3) is 0.444. The fourth-order valence-electron chi connectivity index (χ4n) is 2.16. The maximum Gasteiger partial charge on any atom is 0.135 e. The van der Waals surface area contributed by atoms with E-state index in [4.69, 9.17) is 0 Å². The van der Waals surface area contributed by atoms with Crippen molar-refractivity contribution in [3.05, 3.63) is 54.0 Å². The van der Waals surface area contributed by atoms with Gasteiger partial charge in [0, 0.05) is 18.0 Å². The molecule has 22 heavy (non-hydrogen) atoms. The van der Waals surface area contributed by atoms with Gasteiger partial charge in [0.1, 0.15) is 11.6 Å². The standard InChI is InChI=1S/C18H25N3O/c1-13(15(22)12-14-8-6-5-7-9-14)20-16-10-11-19-17(21-16)18(2,3)4/h5-11,13,15,22H,12H2,1-4H3,(H,19,20,21). The average molecular weight is 299 g/mol.